The third kappa shape index (κ3) is 21.7. The van der Waals surface area contributed by atoms with E-state index in [9.17, 15) is 33.6 Å². The molecule has 0 radical (unpaired) electrons. The lowest BCUT2D eigenvalue weighted by Crippen LogP contribution is -2.45. The van der Waals surface area contributed by atoms with Gasteiger partial charge < -0.3 is 41.0 Å². The molecule has 0 aliphatic heterocycles. The fourth-order valence-corrected chi connectivity index (χ4v) is 4.56. The molecule has 0 saturated carbocycles. The maximum Gasteiger partial charge on any atom is 0.222 e. The molecule has 12 heteroatoms. The maximum atomic E-state index is 13.0. The highest BCUT2D eigenvalue weighted by atomic mass is 16.2. The molecular weight excluding hydrogens is 542 g/mol. The zero-order valence-corrected chi connectivity index (χ0v) is 26.4. The van der Waals surface area contributed by atoms with E-state index in [1.807, 2.05) is 7.05 Å². The summed E-state index contributed by atoms with van der Waals surface area (Å²) in [5, 5.41) is 14.6. The van der Waals surface area contributed by atoms with Crippen LogP contribution in [-0.4, -0.2) is 85.7 Å². The zero-order valence-electron chi connectivity index (χ0n) is 26.4. The molecule has 0 aromatic heterocycles. The van der Waals surface area contributed by atoms with Crippen LogP contribution in [0, 0.1) is 0 Å². The summed E-state index contributed by atoms with van der Waals surface area (Å²) < 4.78 is 0. The summed E-state index contributed by atoms with van der Waals surface area (Å²) in [6.07, 6.45) is 3.27. The van der Waals surface area contributed by atoms with E-state index in [0.717, 1.165) is 13.0 Å². The van der Waals surface area contributed by atoms with Crippen molar-refractivity contribution in [2.45, 2.75) is 129 Å². The molecule has 4 atom stereocenters. The lowest BCUT2D eigenvalue weighted by Gasteiger charge is -2.24. The van der Waals surface area contributed by atoms with Crippen molar-refractivity contribution >= 4 is 40.9 Å². The Morgan fingerprint density at radius 3 is 1.17 bits per heavy atom. The Morgan fingerprint density at radius 1 is 0.476 bits per heavy atom. The van der Waals surface area contributed by atoms with Crippen molar-refractivity contribution in [3.8, 4) is 0 Å². The van der Waals surface area contributed by atoms with Crippen LogP contribution in [0.3, 0.4) is 0 Å². The molecule has 0 bridgehead atoms. The van der Waals surface area contributed by atoms with Gasteiger partial charge in [0.1, 0.15) is 23.1 Å². The van der Waals surface area contributed by atoms with Crippen molar-refractivity contribution in [2.75, 3.05) is 20.6 Å². The van der Waals surface area contributed by atoms with E-state index in [1.165, 1.54) is 27.7 Å². The van der Waals surface area contributed by atoms with Crippen LogP contribution in [0.5, 0.6) is 0 Å². The number of Topliss-reactive ketones (excluding diaryl/α,β-unsaturated/α-hetero) is 4. The van der Waals surface area contributed by atoms with E-state index in [4.69, 9.17) is 0 Å². The van der Waals surface area contributed by atoms with Gasteiger partial charge in [-0.25, -0.2) is 0 Å². The van der Waals surface area contributed by atoms with Crippen molar-refractivity contribution in [2.24, 2.45) is 0 Å². The van der Waals surface area contributed by atoms with Crippen LogP contribution in [0.15, 0.2) is 0 Å². The molecule has 240 valence electrons. The first-order valence-electron chi connectivity index (χ1n) is 14.9. The molecule has 0 spiro atoms. The van der Waals surface area contributed by atoms with Gasteiger partial charge in [-0.1, -0.05) is 0 Å². The van der Waals surface area contributed by atoms with E-state index in [2.05, 4.69) is 26.6 Å². The van der Waals surface area contributed by atoms with E-state index >= 15 is 0 Å². The van der Waals surface area contributed by atoms with Crippen LogP contribution < -0.4 is 26.6 Å². The van der Waals surface area contributed by atoms with Crippen LogP contribution in [0.25, 0.3) is 0 Å². The van der Waals surface area contributed by atoms with Crippen LogP contribution >= 0.6 is 0 Å². The summed E-state index contributed by atoms with van der Waals surface area (Å²) in [6.45, 7) is 6.58. The Kier molecular flexibility index (Phi) is 21.0. The van der Waals surface area contributed by atoms with Crippen LogP contribution in [0.4, 0.5) is 0 Å². The number of rotatable bonds is 25. The van der Waals surface area contributed by atoms with Crippen molar-refractivity contribution in [1.82, 2.24) is 26.6 Å². The molecule has 0 saturated heterocycles. The molecule has 0 heterocycles. The Hall–Kier alpha value is -2.99. The predicted molar refractivity (Wildman–Crippen MR) is 161 cm³/mol. The second-order valence-electron chi connectivity index (χ2n) is 11.3. The van der Waals surface area contributed by atoms with E-state index in [1.54, 1.807) is 7.05 Å². The van der Waals surface area contributed by atoms with Gasteiger partial charge >= 0.3 is 0 Å². The molecule has 12 nitrogen and oxygen atoms in total. The maximum absolute atomic E-state index is 13.0. The lowest BCUT2D eigenvalue weighted by molar-refractivity contribution is -0.126. The zero-order chi connectivity index (χ0) is 32.1. The van der Waals surface area contributed by atoms with Crippen LogP contribution in [0.2, 0.25) is 0 Å². The molecule has 0 aliphatic rings. The lowest BCUT2D eigenvalue weighted by atomic mass is 10.0. The van der Waals surface area contributed by atoms with Gasteiger partial charge in [-0.2, -0.15) is 0 Å². The Morgan fingerprint density at radius 2 is 0.833 bits per heavy atom. The average Bonchev–Trinajstić information content (AvgIpc) is 2.87. The fourth-order valence-electron chi connectivity index (χ4n) is 4.56. The Labute approximate surface area is 250 Å². The summed E-state index contributed by atoms with van der Waals surface area (Å²) >= 11 is 0. The molecule has 5 N–H and O–H groups in total. The minimum absolute atomic E-state index is 0.0304. The largest absolute Gasteiger partial charge is 0.353 e. The minimum atomic E-state index is -0.624. The fraction of sp³-hybridized carbons (Fsp3) is 0.767. The van der Waals surface area contributed by atoms with Gasteiger partial charge in [-0.3, -0.25) is 19.2 Å². The number of carbonyl (C=O) groups is 7. The van der Waals surface area contributed by atoms with Gasteiger partial charge in [-0.05, 0) is 80.4 Å². The van der Waals surface area contributed by atoms with Gasteiger partial charge in [0.25, 0.3) is 0 Å². The number of hydrogen-bond donors (Lipinski definition) is 5. The van der Waals surface area contributed by atoms with Crippen molar-refractivity contribution < 1.29 is 33.6 Å². The second kappa shape index (κ2) is 22.6. The standard InChI is InChI=1S/C30H53N5O7/c1-20(36)9-12-24(32-6)17-28(40)34-26(13-10-21(2)37)19-30(42)35-27(14-11-22(3)38)18-29(41)33-25(16-23(4)39)8-7-15-31-5/h24-27,31-32H,7-19H2,1-6H3,(H,33,41)(H,34,40)(H,35,42). The van der Waals surface area contributed by atoms with E-state index in [0.29, 0.717) is 19.3 Å². The van der Waals surface area contributed by atoms with Crippen molar-refractivity contribution in [1.29, 1.82) is 0 Å². The number of hydrogen-bond acceptors (Lipinski definition) is 9. The van der Waals surface area contributed by atoms with Crippen molar-refractivity contribution in [3.63, 3.8) is 0 Å². The molecule has 0 fully saturated rings. The number of nitrogens with one attached hydrogen (secondary N) is 5. The summed E-state index contributed by atoms with van der Waals surface area (Å²) in [5.41, 5.74) is 0. The van der Waals surface area contributed by atoms with Crippen LogP contribution in [-0.2, 0) is 33.6 Å². The Bertz CT molecular complexity index is 908. The Balaban J connectivity index is 5.36. The summed E-state index contributed by atoms with van der Waals surface area (Å²) in [6, 6.07) is -1.77. The first-order chi connectivity index (χ1) is 19.7. The number of carbonyl (C=O) groups excluding carboxylic acids is 7. The third-order valence-electron chi connectivity index (χ3n) is 6.85. The molecule has 4 unspecified atom stereocenters. The average molecular weight is 596 g/mol. The van der Waals surface area contributed by atoms with Crippen LogP contribution in [0.1, 0.15) is 105 Å². The number of ketones is 4. The molecule has 0 aliphatic carbocycles. The SMILES string of the molecule is CNCCCC(CC(C)=O)NC(=O)CC(CCC(C)=O)NC(=O)CC(CCC(C)=O)NC(=O)CC(CCC(C)=O)NC. The highest BCUT2D eigenvalue weighted by Crippen LogP contribution is 2.10. The second-order valence-corrected chi connectivity index (χ2v) is 11.3. The summed E-state index contributed by atoms with van der Waals surface area (Å²) in [7, 11) is 3.54. The van der Waals surface area contributed by atoms with Gasteiger partial charge in [0.15, 0.2) is 0 Å². The van der Waals surface area contributed by atoms with E-state index < -0.39 is 18.0 Å². The summed E-state index contributed by atoms with van der Waals surface area (Å²) in [4.78, 5) is 85.0. The third-order valence-corrected chi connectivity index (χ3v) is 6.85. The molecule has 42 heavy (non-hydrogen) atoms. The van der Waals surface area contributed by atoms with Gasteiger partial charge in [0.2, 0.25) is 17.7 Å². The molecule has 0 aromatic rings. The van der Waals surface area contributed by atoms with E-state index in [-0.39, 0.29) is 98.4 Å². The first-order valence-corrected chi connectivity index (χ1v) is 14.9. The van der Waals surface area contributed by atoms with Gasteiger partial charge in [0, 0.05) is 69.1 Å². The highest BCUT2D eigenvalue weighted by Gasteiger charge is 2.24. The minimum Gasteiger partial charge on any atom is -0.353 e. The molecule has 0 aromatic carbocycles. The van der Waals surface area contributed by atoms with Gasteiger partial charge in [0.05, 0.1) is 0 Å². The molecule has 3 amide bonds. The van der Waals surface area contributed by atoms with Gasteiger partial charge in [-0.15, -0.1) is 0 Å². The highest BCUT2D eigenvalue weighted by molar-refractivity contribution is 5.83. The number of amides is 3. The van der Waals surface area contributed by atoms with Crippen molar-refractivity contribution in [3.05, 3.63) is 0 Å². The molecular formula is C30H53N5O7. The quantitative estimate of drug-likeness (QED) is 0.0972. The monoisotopic (exact) mass is 595 g/mol. The predicted octanol–water partition coefficient (Wildman–Crippen LogP) is 1.29. The summed E-state index contributed by atoms with van der Waals surface area (Å²) in [5.74, 6) is -1.21. The first kappa shape index (κ1) is 39.0. The smallest absolute Gasteiger partial charge is 0.222 e. The molecule has 0 rings (SSSR count). The topological polar surface area (TPSA) is 180 Å². The normalized spacial score (nSPS) is 13.8.